The van der Waals surface area contributed by atoms with Gasteiger partial charge in [0, 0.05) is 6.54 Å². The summed E-state index contributed by atoms with van der Waals surface area (Å²) in [6.45, 7) is 0.562. The fourth-order valence-corrected chi connectivity index (χ4v) is 4.80. The van der Waals surface area contributed by atoms with Gasteiger partial charge in [0.25, 0.3) is 0 Å². The molecule has 1 fully saturated rings. The largest absolute Gasteiger partial charge is 0.245 e. The van der Waals surface area contributed by atoms with Crippen LogP contribution in [0.3, 0.4) is 0 Å². The van der Waals surface area contributed by atoms with E-state index in [1.807, 2.05) is 6.07 Å². The molecule has 0 spiro atoms. The van der Waals surface area contributed by atoms with E-state index in [0.717, 1.165) is 18.5 Å². The third kappa shape index (κ3) is 1.36. The molecule has 1 saturated heterocycles. The number of sulfonamides is 1. The Morgan fingerprint density at radius 2 is 2.11 bits per heavy atom. The first kappa shape index (κ1) is 11.1. The molecule has 98 valence electrons. The Balaban J connectivity index is 2.11. The third-order valence-corrected chi connectivity index (χ3v) is 5.76. The number of nitrogens with zero attached hydrogens (tertiary/aromatic N) is 4. The summed E-state index contributed by atoms with van der Waals surface area (Å²) in [5.74, 6) is 0. The minimum Gasteiger partial charge on any atom is -0.215 e. The summed E-state index contributed by atoms with van der Waals surface area (Å²) in [5.41, 5.74) is 1.44. The molecule has 1 aromatic heterocycles. The monoisotopic (exact) mass is 276 g/mol. The number of hydrogen-bond acceptors (Lipinski definition) is 4. The van der Waals surface area contributed by atoms with Gasteiger partial charge in [0.15, 0.2) is 0 Å². The summed E-state index contributed by atoms with van der Waals surface area (Å²) in [6, 6.07) is 6.82. The lowest BCUT2D eigenvalue weighted by atomic mass is 10.1. The molecule has 0 bridgehead atoms. The first-order valence-electron chi connectivity index (χ1n) is 6.21. The average Bonchev–Trinajstić information content (AvgIpc) is 3.05. The van der Waals surface area contributed by atoms with E-state index in [4.69, 9.17) is 0 Å². The van der Waals surface area contributed by atoms with Gasteiger partial charge in [-0.15, -0.1) is 5.10 Å². The van der Waals surface area contributed by atoms with E-state index in [9.17, 15) is 8.42 Å². The van der Waals surface area contributed by atoms with Crippen LogP contribution in [0, 0.1) is 0 Å². The summed E-state index contributed by atoms with van der Waals surface area (Å²) >= 11 is 0. The normalized spacial score (nSPS) is 24.3. The standard InChI is InChI=1S/C12H12N4O2S/c17-19(18)12-6-2-1-4-10(12)16-11(8-13-14-16)9-5-3-7-15(9)19/h1-2,4,6,8-9H,3,5,7H2/t9-/m0/s1. The van der Waals surface area contributed by atoms with Crippen molar-refractivity contribution in [2.75, 3.05) is 6.54 Å². The molecule has 3 heterocycles. The van der Waals surface area contributed by atoms with Crippen molar-refractivity contribution in [2.24, 2.45) is 0 Å². The first-order chi connectivity index (χ1) is 9.19. The lowest BCUT2D eigenvalue weighted by molar-refractivity contribution is 0.391. The summed E-state index contributed by atoms with van der Waals surface area (Å²) in [6.07, 6.45) is 3.36. The van der Waals surface area contributed by atoms with Gasteiger partial charge in [-0.2, -0.15) is 4.31 Å². The van der Waals surface area contributed by atoms with Crippen molar-refractivity contribution >= 4 is 10.0 Å². The highest BCUT2D eigenvalue weighted by atomic mass is 32.2. The molecule has 19 heavy (non-hydrogen) atoms. The van der Waals surface area contributed by atoms with Crippen LogP contribution in [0.1, 0.15) is 24.6 Å². The molecule has 2 aromatic rings. The second-order valence-corrected chi connectivity index (χ2v) is 6.67. The van der Waals surface area contributed by atoms with Crippen molar-refractivity contribution in [3.8, 4) is 5.69 Å². The highest BCUT2D eigenvalue weighted by molar-refractivity contribution is 7.89. The smallest absolute Gasteiger partial charge is 0.215 e. The Labute approximate surface area is 110 Å². The quantitative estimate of drug-likeness (QED) is 0.722. The average molecular weight is 276 g/mol. The van der Waals surface area contributed by atoms with Gasteiger partial charge in [-0.25, -0.2) is 13.1 Å². The van der Waals surface area contributed by atoms with Crippen LogP contribution < -0.4 is 0 Å². The van der Waals surface area contributed by atoms with Crippen LogP contribution in [0.5, 0.6) is 0 Å². The molecule has 0 saturated carbocycles. The van der Waals surface area contributed by atoms with Crippen molar-refractivity contribution in [2.45, 2.75) is 23.8 Å². The molecule has 4 rings (SSSR count). The molecule has 0 N–H and O–H groups in total. The van der Waals surface area contributed by atoms with Gasteiger partial charge in [-0.05, 0) is 25.0 Å². The predicted octanol–water partition coefficient (Wildman–Crippen LogP) is 1.11. The maximum Gasteiger partial charge on any atom is 0.245 e. The molecule has 2 aliphatic heterocycles. The van der Waals surface area contributed by atoms with Gasteiger partial charge < -0.3 is 0 Å². The number of benzene rings is 1. The number of rotatable bonds is 0. The summed E-state index contributed by atoms with van der Waals surface area (Å²) < 4.78 is 28.7. The van der Waals surface area contributed by atoms with Crippen LogP contribution in [0.4, 0.5) is 0 Å². The van der Waals surface area contributed by atoms with Gasteiger partial charge in [-0.1, -0.05) is 17.3 Å². The third-order valence-electron chi connectivity index (χ3n) is 3.80. The van der Waals surface area contributed by atoms with Crippen molar-refractivity contribution in [1.82, 2.24) is 19.3 Å². The lowest BCUT2D eigenvalue weighted by Crippen LogP contribution is -2.29. The van der Waals surface area contributed by atoms with E-state index in [0.29, 0.717) is 17.1 Å². The minimum absolute atomic E-state index is 0.146. The van der Waals surface area contributed by atoms with Crippen LogP contribution >= 0.6 is 0 Å². The molecule has 0 amide bonds. The van der Waals surface area contributed by atoms with Gasteiger partial charge in [0.05, 0.1) is 23.6 Å². The Hall–Kier alpha value is -1.73. The van der Waals surface area contributed by atoms with E-state index in [1.54, 1.807) is 33.4 Å². The zero-order chi connectivity index (χ0) is 13.0. The predicted molar refractivity (Wildman–Crippen MR) is 67.2 cm³/mol. The fraction of sp³-hybridized carbons (Fsp3) is 0.333. The van der Waals surface area contributed by atoms with Gasteiger partial charge in [0.2, 0.25) is 10.0 Å². The van der Waals surface area contributed by atoms with Crippen molar-refractivity contribution < 1.29 is 8.42 Å². The fourth-order valence-electron chi connectivity index (χ4n) is 2.96. The van der Waals surface area contributed by atoms with E-state index >= 15 is 0 Å². The topological polar surface area (TPSA) is 68.1 Å². The Kier molecular flexibility index (Phi) is 2.13. The van der Waals surface area contributed by atoms with E-state index in [-0.39, 0.29) is 6.04 Å². The number of fused-ring (bicyclic) bond motifs is 5. The summed E-state index contributed by atoms with van der Waals surface area (Å²) in [4.78, 5) is 0.311. The Morgan fingerprint density at radius 1 is 1.26 bits per heavy atom. The second kappa shape index (κ2) is 3.64. The van der Waals surface area contributed by atoms with Crippen LogP contribution in [0.2, 0.25) is 0 Å². The SMILES string of the molecule is O=S1(=O)c2ccccc2-n2nncc2[C@@H]2CCCN21. The lowest BCUT2D eigenvalue weighted by Gasteiger charge is -2.20. The molecular formula is C12H12N4O2S. The maximum atomic E-state index is 12.7. The molecule has 1 aromatic carbocycles. The van der Waals surface area contributed by atoms with Gasteiger partial charge in [0.1, 0.15) is 4.90 Å². The van der Waals surface area contributed by atoms with E-state index in [1.165, 1.54) is 0 Å². The molecule has 0 aliphatic carbocycles. The maximum absolute atomic E-state index is 12.7. The number of aromatic nitrogens is 3. The highest BCUT2D eigenvalue weighted by Gasteiger charge is 2.42. The van der Waals surface area contributed by atoms with Crippen molar-refractivity contribution in [3.63, 3.8) is 0 Å². The first-order valence-corrected chi connectivity index (χ1v) is 7.65. The summed E-state index contributed by atoms with van der Waals surface area (Å²) in [7, 11) is -3.45. The van der Waals surface area contributed by atoms with Crippen LogP contribution in [-0.4, -0.2) is 34.3 Å². The zero-order valence-corrected chi connectivity index (χ0v) is 10.9. The molecule has 6 nitrogen and oxygen atoms in total. The Bertz CT molecular complexity index is 753. The van der Waals surface area contributed by atoms with Crippen LogP contribution in [0.25, 0.3) is 5.69 Å². The highest BCUT2D eigenvalue weighted by Crippen LogP contribution is 2.41. The molecule has 1 atom stereocenters. The molecule has 0 radical (unpaired) electrons. The molecular weight excluding hydrogens is 264 g/mol. The minimum atomic E-state index is -3.45. The van der Waals surface area contributed by atoms with Gasteiger partial charge >= 0.3 is 0 Å². The zero-order valence-electron chi connectivity index (χ0n) is 10.1. The summed E-state index contributed by atoms with van der Waals surface area (Å²) in [5, 5.41) is 8.00. The molecule has 0 unspecified atom stereocenters. The van der Waals surface area contributed by atoms with E-state index < -0.39 is 10.0 Å². The van der Waals surface area contributed by atoms with Crippen LogP contribution in [-0.2, 0) is 10.0 Å². The van der Waals surface area contributed by atoms with Gasteiger partial charge in [-0.3, -0.25) is 0 Å². The number of hydrogen-bond donors (Lipinski definition) is 0. The molecule has 7 heteroatoms. The Morgan fingerprint density at radius 3 is 3.00 bits per heavy atom. The van der Waals surface area contributed by atoms with Crippen LogP contribution in [0.15, 0.2) is 35.4 Å². The van der Waals surface area contributed by atoms with Crippen molar-refractivity contribution in [3.05, 3.63) is 36.2 Å². The number of para-hydroxylation sites is 1. The second-order valence-electron chi connectivity index (χ2n) is 4.81. The van der Waals surface area contributed by atoms with E-state index in [2.05, 4.69) is 10.3 Å². The van der Waals surface area contributed by atoms with Crippen molar-refractivity contribution in [1.29, 1.82) is 0 Å². The molecule has 2 aliphatic rings.